The summed E-state index contributed by atoms with van der Waals surface area (Å²) in [6.07, 6.45) is 2.13. The maximum atomic E-state index is 13.6. The van der Waals surface area contributed by atoms with Crippen LogP contribution in [-0.4, -0.2) is 79.8 Å². The zero-order valence-electron chi connectivity index (χ0n) is 30.8. The highest BCUT2D eigenvalue weighted by Crippen LogP contribution is 2.30. The molecule has 1 saturated heterocycles. The van der Waals surface area contributed by atoms with Crippen LogP contribution in [0.5, 0.6) is 5.88 Å². The molecule has 0 unspecified atom stereocenters. The van der Waals surface area contributed by atoms with E-state index in [-0.39, 0.29) is 23.6 Å². The van der Waals surface area contributed by atoms with E-state index in [2.05, 4.69) is 64.6 Å². The molecule has 54 heavy (non-hydrogen) atoms. The molecule has 5 aromatic rings. The van der Waals surface area contributed by atoms with Crippen LogP contribution in [0.15, 0.2) is 115 Å². The minimum Gasteiger partial charge on any atom is -0.473 e. The molecule has 2 heterocycles. The minimum absolute atomic E-state index is 0.0534. The molecule has 10 heteroatoms. The molecule has 1 fully saturated rings. The molecule has 0 saturated carbocycles. The fourth-order valence-corrected chi connectivity index (χ4v) is 6.67. The summed E-state index contributed by atoms with van der Waals surface area (Å²) in [5.74, 6) is 0.0383. The maximum Gasteiger partial charge on any atom is 0.224 e. The van der Waals surface area contributed by atoms with Gasteiger partial charge in [-0.25, -0.2) is 13.8 Å². The van der Waals surface area contributed by atoms with Crippen LogP contribution >= 0.6 is 0 Å². The Kier molecular flexibility index (Phi) is 14.3. The van der Waals surface area contributed by atoms with Crippen molar-refractivity contribution in [2.45, 2.75) is 32.5 Å². The molecule has 0 radical (unpaired) electrons. The lowest BCUT2D eigenvalue weighted by molar-refractivity contribution is -0.134. The Balaban J connectivity index is 0.812. The molecular formula is C44H48F2N4O4. The average Bonchev–Trinajstić information content (AvgIpc) is 3.20. The van der Waals surface area contributed by atoms with Crippen LogP contribution in [0.3, 0.4) is 0 Å². The summed E-state index contributed by atoms with van der Waals surface area (Å²) < 4.78 is 44.7. The predicted octanol–water partition coefficient (Wildman–Crippen LogP) is 7.36. The van der Waals surface area contributed by atoms with Crippen LogP contribution < -0.4 is 10.1 Å². The second-order valence-electron chi connectivity index (χ2n) is 13.3. The largest absolute Gasteiger partial charge is 0.473 e. The molecular weight excluding hydrogens is 687 g/mol. The summed E-state index contributed by atoms with van der Waals surface area (Å²) in [6, 6.07) is 33.2. The van der Waals surface area contributed by atoms with E-state index in [1.54, 1.807) is 24.3 Å². The Labute approximate surface area is 316 Å². The van der Waals surface area contributed by atoms with Gasteiger partial charge in [-0.3, -0.25) is 9.69 Å². The normalized spacial score (nSPS) is 13.4. The van der Waals surface area contributed by atoms with E-state index in [0.717, 1.165) is 22.3 Å². The van der Waals surface area contributed by atoms with E-state index in [1.807, 2.05) is 29.3 Å². The van der Waals surface area contributed by atoms with Gasteiger partial charge in [-0.2, -0.15) is 0 Å². The number of amides is 1. The summed E-state index contributed by atoms with van der Waals surface area (Å²) in [7, 11) is 0. The Hall–Kier alpha value is -5.00. The summed E-state index contributed by atoms with van der Waals surface area (Å²) in [5, 5.41) is 3.36. The van der Waals surface area contributed by atoms with Crippen molar-refractivity contribution >= 4 is 5.91 Å². The van der Waals surface area contributed by atoms with Gasteiger partial charge in [0.1, 0.15) is 18.2 Å². The van der Waals surface area contributed by atoms with Crippen LogP contribution in [-0.2, 0) is 27.4 Å². The van der Waals surface area contributed by atoms with Crippen molar-refractivity contribution < 1.29 is 27.8 Å². The SMILES string of the molecule is Cc1c(COc2ccc(CNCCOCCOCCC(=O)N3CCN(C(c4ccc(F)cc4)c4ccc(F)cc4)CC3)cn2)cccc1-c1ccccc1. The first-order valence-corrected chi connectivity index (χ1v) is 18.6. The number of rotatable bonds is 18. The third kappa shape index (κ3) is 11.0. The maximum absolute atomic E-state index is 13.6. The van der Waals surface area contributed by atoms with Gasteiger partial charge in [0.15, 0.2) is 0 Å². The van der Waals surface area contributed by atoms with Crippen LogP contribution in [0, 0.1) is 18.6 Å². The first-order valence-electron chi connectivity index (χ1n) is 18.6. The Bertz CT molecular complexity index is 1840. The first kappa shape index (κ1) is 38.7. The smallest absolute Gasteiger partial charge is 0.224 e. The lowest BCUT2D eigenvalue weighted by atomic mass is 9.96. The second kappa shape index (κ2) is 19.9. The topological polar surface area (TPSA) is 76.2 Å². The highest BCUT2D eigenvalue weighted by Gasteiger charge is 2.28. The van der Waals surface area contributed by atoms with Crippen LogP contribution in [0.1, 0.15) is 40.3 Å². The summed E-state index contributed by atoms with van der Waals surface area (Å²) in [4.78, 5) is 21.5. The molecule has 0 bridgehead atoms. The molecule has 0 aliphatic carbocycles. The van der Waals surface area contributed by atoms with Gasteiger partial charge in [-0.15, -0.1) is 0 Å². The van der Waals surface area contributed by atoms with Gasteiger partial charge in [0, 0.05) is 51.5 Å². The Morgan fingerprint density at radius 3 is 2.07 bits per heavy atom. The molecule has 0 atom stereocenters. The lowest BCUT2D eigenvalue weighted by Crippen LogP contribution is -2.50. The number of pyridine rings is 1. The molecule has 1 amide bonds. The van der Waals surface area contributed by atoms with Gasteiger partial charge >= 0.3 is 0 Å². The van der Waals surface area contributed by atoms with E-state index in [4.69, 9.17) is 14.2 Å². The quantitative estimate of drug-likeness (QED) is 0.0944. The number of nitrogens with one attached hydrogen (secondary N) is 1. The number of hydrogen-bond acceptors (Lipinski definition) is 7. The number of carbonyl (C=O) groups excluding carboxylic acids is 1. The van der Waals surface area contributed by atoms with Crippen molar-refractivity contribution in [3.05, 3.63) is 155 Å². The third-order valence-corrected chi connectivity index (χ3v) is 9.69. The number of benzene rings is 4. The van der Waals surface area contributed by atoms with Crippen molar-refractivity contribution in [2.24, 2.45) is 0 Å². The summed E-state index contributed by atoms with van der Waals surface area (Å²) >= 11 is 0. The van der Waals surface area contributed by atoms with E-state index in [1.165, 1.54) is 41.0 Å². The van der Waals surface area contributed by atoms with Gasteiger partial charge < -0.3 is 24.4 Å². The van der Waals surface area contributed by atoms with Crippen molar-refractivity contribution in [1.29, 1.82) is 0 Å². The first-order chi connectivity index (χ1) is 26.4. The molecule has 6 rings (SSSR count). The van der Waals surface area contributed by atoms with E-state index in [9.17, 15) is 13.6 Å². The lowest BCUT2D eigenvalue weighted by Gasteiger charge is -2.40. The number of piperazine rings is 1. The number of aromatic nitrogens is 1. The standard InChI is InChI=1S/C44H48F2N4O4/c1-33-38(8-5-9-41(33)35-6-3-2-4-7-35)32-54-42-19-10-34(31-48-42)30-47-21-27-53-29-28-52-26-20-43(51)49-22-24-50(25-23-49)44(36-11-15-39(45)16-12-36)37-13-17-40(46)18-14-37/h2-19,31,44,47H,20-30,32H2,1H3. The molecule has 1 N–H and O–H groups in total. The van der Waals surface area contributed by atoms with Crippen molar-refractivity contribution in [3.8, 4) is 17.0 Å². The average molecular weight is 735 g/mol. The predicted molar refractivity (Wildman–Crippen MR) is 206 cm³/mol. The molecule has 8 nitrogen and oxygen atoms in total. The van der Waals surface area contributed by atoms with Gasteiger partial charge in [0.2, 0.25) is 11.8 Å². The van der Waals surface area contributed by atoms with Crippen LogP contribution in [0.2, 0.25) is 0 Å². The van der Waals surface area contributed by atoms with Crippen LogP contribution in [0.25, 0.3) is 11.1 Å². The fraction of sp³-hybridized carbons (Fsp3) is 0.318. The fourth-order valence-electron chi connectivity index (χ4n) is 6.67. The van der Waals surface area contributed by atoms with Crippen molar-refractivity contribution in [3.63, 3.8) is 0 Å². The number of halogens is 2. The Morgan fingerprint density at radius 2 is 1.43 bits per heavy atom. The number of nitrogens with zero attached hydrogens (tertiary/aromatic N) is 3. The number of ether oxygens (including phenoxy) is 3. The zero-order valence-corrected chi connectivity index (χ0v) is 30.8. The van der Waals surface area contributed by atoms with Gasteiger partial charge in [0.25, 0.3) is 0 Å². The molecule has 1 aliphatic heterocycles. The highest BCUT2D eigenvalue weighted by molar-refractivity contribution is 5.76. The Morgan fingerprint density at radius 1 is 0.759 bits per heavy atom. The van der Waals surface area contributed by atoms with Crippen LogP contribution in [0.4, 0.5) is 8.78 Å². The molecule has 1 aromatic heterocycles. The molecule has 4 aromatic carbocycles. The molecule has 282 valence electrons. The minimum atomic E-state index is -0.302. The molecule has 1 aliphatic rings. The number of carbonyl (C=O) groups is 1. The monoisotopic (exact) mass is 734 g/mol. The zero-order chi connectivity index (χ0) is 37.5. The second-order valence-corrected chi connectivity index (χ2v) is 13.3. The van der Waals surface area contributed by atoms with Gasteiger partial charge in [0.05, 0.1) is 38.9 Å². The van der Waals surface area contributed by atoms with Crippen molar-refractivity contribution in [1.82, 2.24) is 20.1 Å². The number of hydrogen-bond donors (Lipinski definition) is 1. The van der Waals surface area contributed by atoms with E-state index < -0.39 is 0 Å². The van der Waals surface area contributed by atoms with Gasteiger partial charge in [-0.05, 0) is 70.1 Å². The summed E-state index contributed by atoms with van der Waals surface area (Å²) in [6.45, 7) is 8.12. The van der Waals surface area contributed by atoms with E-state index in [0.29, 0.717) is 84.6 Å². The van der Waals surface area contributed by atoms with Crippen molar-refractivity contribution in [2.75, 3.05) is 59.2 Å². The van der Waals surface area contributed by atoms with E-state index >= 15 is 0 Å². The summed E-state index contributed by atoms with van der Waals surface area (Å²) in [5.41, 5.74) is 7.64. The molecule has 0 spiro atoms. The van der Waals surface area contributed by atoms with Gasteiger partial charge in [-0.1, -0.05) is 78.9 Å². The third-order valence-electron chi connectivity index (χ3n) is 9.69. The highest BCUT2D eigenvalue weighted by atomic mass is 19.1.